The highest BCUT2D eigenvalue weighted by molar-refractivity contribution is 5.67. The summed E-state index contributed by atoms with van der Waals surface area (Å²) in [5.41, 5.74) is 4.39. The molecule has 1 aromatic carbocycles. The van der Waals surface area contributed by atoms with E-state index in [1.54, 1.807) is 12.4 Å². The molecule has 0 unspecified atom stereocenters. The van der Waals surface area contributed by atoms with Gasteiger partial charge in [-0.25, -0.2) is 4.98 Å². The number of benzene rings is 1. The van der Waals surface area contributed by atoms with Crippen LogP contribution in [0.4, 0.5) is 13.2 Å². The lowest BCUT2D eigenvalue weighted by Crippen LogP contribution is -2.16. The molecule has 0 amide bonds. The Labute approximate surface area is 195 Å². The van der Waals surface area contributed by atoms with Gasteiger partial charge >= 0.3 is 6.18 Å². The number of nitrogens with zero attached hydrogens (tertiary/aromatic N) is 5. The van der Waals surface area contributed by atoms with Crippen LogP contribution in [-0.2, 0) is 19.1 Å². The number of H-pyrrole nitrogens is 1. The van der Waals surface area contributed by atoms with Crippen LogP contribution in [0.15, 0.2) is 49.1 Å². The summed E-state index contributed by atoms with van der Waals surface area (Å²) < 4.78 is 41.8. The molecule has 1 N–H and O–H groups in total. The number of hydrogen-bond donors (Lipinski definition) is 1. The van der Waals surface area contributed by atoms with Crippen molar-refractivity contribution in [2.75, 3.05) is 0 Å². The molecule has 0 spiro atoms. The van der Waals surface area contributed by atoms with Crippen molar-refractivity contribution < 1.29 is 13.2 Å². The Hall–Kier alpha value is -3.49. The molecule has 0 bridgehead atoms. The van der Waals surface area contributed by atoms with Crippen LogP contribution >= 0.6 is 0 Å². The topological polar surface area (TPSA) is 72.3 Å². The molecular weight excluding hydrogens is 441 g/mol. The van der Waals surface area contributed by atoms with E-state index >= 15 is 0 Å². The highest BCUT2D eigenvalue weighted by Crippen LogP contribution is 2.37. The Morgan fingerprint density at radius 3 is 2.76 bits per heavy atom. The van der Waals surface area contributed by atoms with Crippen molar-refractivity contribution in [3.63, 3.8) is 0 Å². The third kappa shape index (κ3) is 4.22. The molecule has 34 heavy (non-hydrogen) atoms. The van der Waals surface area contributed by atoms with Crippen molar-refractivity contribution in [2.24, 2.45) is 0 Å². The van der Waals surface area contributed by atoms with Crippen LogP contribution in [0.1, 0.15) is 60.9 Å². The van der Waals surface area contributed by atoms with E-state index in [-0.39, 0.29) is 11.3 Å². The van der Waals surface area contributed by atoms with E-state index in [2.05, 4.69) is 57.4 Å². The maximum absolute atomic E-state index is 13.2. The zero-order valence-corrected chi connectivity index (χ0v) is 19.0. The van der Waals surface area contributed by atoms with E-state index in [0.717, 1.165) is 25.8 Å². The number of hydrogen-bond acceptors (Lipinski definition) is 4. The van der Waals surface area contributed by atoms with E-state index < -0.39 is 11.9 Å². The summed E-state index contributed by atoms with van der Waals surface area (Å²) in [6.07, 6.45) is 3.92. The Balaban J connectivity index is 1.40. The Kier molecular flexibility index (Phi) is 5.71. The summed E-state index contributed by atoms with van der Waals surface area (Å²) >= 11 is 0. The SMILES string of the molecule is CC(C)c1cccc2c1CCC[C@H]2Cn1cnc(-c2cc(-c3n[nH]nc3C(F)(F)F)ccn2)c1. The molecule has 3 aromatic heterocycles. The minimum Gasteiger partial charge on any atom is -0.336 e. The normalized spacial score (nSPS) is 16.1. The number of halogens is 3. The Morgan fingerprint density at radius 2 is 1.97 bits per heavy atom. The molecule has 9 heteroatoms. The molecule has 6 nitrogen and oxygen atoms in total. The van der Waals surface area contributed by atoms with Crippen molar-refractivity contribution in [1.82, 2.24) is 29.9 Å². The molecule has 1 aliphatic rings. The monoisotopic (exact) mass is 466 g/mol. The number of imidazole rings is 1. The van der Waals surface area contributed by atoms with Gasteiger partial charge in [-0.3, -0.25) is 4.98 Å². The van der Waals surface area contributed by atoms with E-state index in [1.165, 1.54) is 29.0 Å². The first-order valence-corrected chi connectivity index (χ1v) is 11.4. The third-order valence-corrected chi connectivity index (χ3v) is 6.47. The Bertz CT molecular complexity index is 1300. The number of fused-ring (bicyclic) bond motifs is 1. The van der Waals surface area contributed by atoms with Gasteiger partial charge in [0.25, 0.3) is 0 Å². The minimum absolute atomic E-state index is 0.254. The van der Waals surface area contributed by atoms with Gasteiger partial charge in [0, 0.05) is 30.4 Å². The lowest BCUT2D eigenvalue weighted by Gasteiger charge is -2.28. The third-order valence-electron chi connectivity index (χ3n) is 6.47. The first-order chi connectivity index (χ1) is 16.3. The van der Waals surface area contributed by atoms with Crippen LogP contribution in [0, 0.1) is 0 Å². The highest BCUT2D eigenvalue weighted by atomic mass is 19.4. The van der Waals surface area contributed by atoms with Crippen molar-refractivity contribution >= 4 is 0 Å². The quantitative estimate of drug-likeness (QED) is 0.392. The van der Waals surface area contributed by atoms with Gasteiger partial charge in [0.2, 0.25) is 0 Å². The number of alkyl halides is 3. The number of nitrogens with one attached hydrogen (secondary N) is 1. The summed E-state index contributed by atoms with van der Waals surface area (Å²) in [4.78, 5) is 8.80. The summed E-state index contributed by atoms with van der Waals surface area (Å²) in [5.74, 6) is 0.891. The smallest absolute Gasteiger partial charge is 0.336 e. The number of aromatic amines is 1. The molecule has 0 radical (unpaired) electrons. The van der Waals surface area contributed by atoms with Gasteiger partial charge in [0.05, 0.1) is 12.0 Å². The first-order valence-electron chi connectivity index (χ1n) is 11.4. The number of aromatic nitrogens is 6. The maximum Gasteiger partial charge on any atom is 0.437 e. The predicted octanol–water partition coefficient (Wildman–Crippen LogP) is 5.99. The highest BCUT2D eigenvalue weighted by Gasteiger charge is 2.38. The zero-order chi connectivity index (χ0) is 23.9. The van der Waals surface area contributed by atoms with Crippen LogP contribution in [0.3, 0.4) is 0 Å². The minimum atomic E-state index is -4.60. The fourth-order valence-corrected chi connectivity index (χ4v) is 4.90. The van der Waals surface area contributed by atoms with E-state index in [4.69, 9.17) is 0 Å². The Morgan fingerprint density at radius 1 is 1.12 bits per heavy atom. The summed E-state index contributed by atoms with van der Waals surface area (Å²) in [6, 6.07) is 9.67. The van der Waals surface area contributed by atoms with Gasteiger partial charge in [0.1, 0.15) is 11.4 Å². The average Bonchev–Trinajstić information content (AvgIpc) is 3.49. The van der Waals surface area contributed by atoms with Crippen molar-refractivity contribution in [3.8, 4) is 22.6 Å². The van der Waals surface area contributed by atoms with Gasteiger partial charge < -0.3 is 4.57 Å². The molecule has 1 atom stereocenters. The largest absolute Gasteiger partial charge is 0.437 e. The molecule has 0 fully saturated rings. The van der Waals surface area contributed by atoms with Crippen molar-refractivity contribution in [3.05, 3.63) is 71.4 Å². The molecule has 0 aliphatic heterocycles. The van der Waals surface area contributed by atoms with Gasteiger partial charge in [0.15, 0.2) is 5.69 Å². The van der Waals surface area contributed by atoms with Gasteiger partial charge in [-0.05, 0) is 54.0 Å². The molecule has 0 saturated heterocycles. The molecule has 3 heterocycles. The van der Waals surface area contributed by atoms with Crippen LogP contribution in [0.2, 0.25) is 0 Å². The van der Waals surface area contributed by atoms with Crippen molar-refractivity contribution in [1.29, 1.82) is 0 Å². The van der Waals surface area contributed by atoms with Crippen LogP contribution in [0.25, 0.3) is 22.6 Å². The van der Waals surface area contributed by atoms with Gasteiger partial charge in [-0.1, -0.05) is 32.0 Å². The van der Waals surface area contributed by atoms with Crippen molar-refractivity contribution in [2.45, 2.75) is 57.7 Å². The second-order valence-corrected chi connectivity index (χ2v) is 9.06. The lowest BCUT2D eigenvalue weighted by atomic mass is 9.78. The molecule has 5 rings (SSSR count). The zero-order valence-electron chi connectivity index (χ0n) is 19.0. The standard InChI is InChI=1S/C25H25F3N6/c1-15(2)18-6-4-7-19-17(5-3-8-20(18)19)12-34-13-22(30-14-34)21-11-16(9-10-29-21)23-24(25(26,27)28)32-33-31-23/h4,6-7,9-11,13-15,17H,3,5,8,12H2,1-2H3,(H,31,32,33)/t17-/m0/s1. The fourth-order valence-electron chi connectivity index (χ4n) is 4.90. The molecular formula is C25H25F3N6. The molecule has 0 saturated carbocycles. The summed E-state index contributed by atoms with van der Waals surface area (Å²) in [5, 5.41) is 9.04. The van der Waals surface area contributed by atoms with Crippen LogP contribution in [-0.4, -0.2) is 29.9 Å². The molecule has 4 aromatic rings. The molecule has 176 valence electrons. The number of rotatable bonds is 5. The number of pyridine rings is 1. The molecule has 1 aliphatic carbocycles. The maximum atomic E-state index is 13.2. The lowest BCUT2D eigenvalue weighted by molar-refractivity contribution is -0.140. The van der Waals surface area contributed by atoms with Crippen LogP contribution in [0.5, 0.6) is 0 Å². The van der Waals surface area contributed by atoms with Crippen LogP contribution < -0.4 is 0 Å². The second kappa shape index (κ2) is 8.70. The summed E-state index contributed by atoms with van der Waals surface area (Å²) in [6.45, 7) is 5.27. The van der Waals surface area contributed by atoms with Gasteiger partial charge in [-0.2, -0.15) is 28.6 Å². The van der Waals surface area contributed by atoms with E-state index in [9.17, 15) is 13.2 Å². The van der Waals surface area contributed by atoms with E-state index in [1.807, 2.05) is 10.8 Å². The fraction of sp³-hybridized carbons (Fsp3) is 0.360. The summed E-state index contributed by atoms with van der Waals surface area (Å²) in [7, 11) is 0. The average molecular weight is 467 g/mol. The van der Waals surface area contributed by atoms with Gasteiger partial charge in [-0.15, -0.1) is 0 Å². The van der Waals surface area contributed by atoms with E-state index in [0.29, 0.717) is 23.2 Å². The first kappa shape index (κ1) is 22.3. The second-order valence-electron chi connectivity index (χ2n) is 9.06. The predicted molar refractivity (Wildman–Crippen MR) is 122 cm³/mol.